The van der Waals surface area contributed by atoms with Crippen molar-refractivity contribution in [2.24, 2.45) is 11.0 Å². The number of carbonyl (C=O) groups is 1. The first-order valence-electron chi connectivity index (χ1n) is 7.66. The van der Waals surface area contributed by atoms with Crippen molar-refractivity contribution in [3.63, 3.8) is 0 Å². The highest BCUT2D eigenvalue weighted by atomic mass is 79.9. The van der Waals surface area contributed by atoms with E-state index in [9.17, 15) is 4.79 Å². The quantitative estimate of drug-likeness (QED) is 0.612. The molecule has 0 radical (unpaired) electrons. The van der Waals surface area contributed by atoms with E-state index in [0.717, 1.165) is 27.1 Å². The van der Waals surface area contributed by atoms with Gasteiger partial charge in [0.1, 0.15) is 0 Å². The summed E-state index contributed by atoms with van der Waals surface area (Å²) in [5, 5.41) is 4.08. The maximum atomic E-state index is 11.6. The van der Waals surface area contributed by atoms with Crippen molar-refractivity contribution in [3.8, 4) is 5.69 Å². The first-order chi connectivity index (χ1) is 10.9. The maximum absolute atomic E-state index is 11.6. The zero-order chi connectivity index (χ0) is 17.0. The van der Waals surface area contributed by atoms with Crippen LogP contribution in [-0.2, 0) is 4.79 Å². The minimum absolute atomic E-state index is 0.0594. The molecule has 2 aromatic rings. The molecule has 0 saturated heterocycles. The van der Waals surface area contributed by atoms with Gasteiger partial charge in [-0.3, -0.25) is 4.79 Å². The van der Waals surface area contributed by atoms with Crippen molar-refractivity contribution in [1.29, 1.82) is 0 Å². The van der Waals surface area contributed by atoms with Crippen LogP contribution in [0, 0.1) is 19.8 Å². The second-order valence-corrected chi connectivity index (χ2v) is 6.86. The van der Waals surface area contributed by atoms with Crippen LogP contribution in [0.15, 0.2) is 39.9 Å². The van der Waals surface area contributed by atoms with E-state index in [1.165, 1.54) is 0 Å². The summed E-state index contributed by atoms with van der Waals surface area (Å²) >= 11 is 3.59. The molecule has 0 aliphatic rings. The van der Waals surface area contributed by atoms with Gasteiger partial charge < -0.3 is 4.57 Å². The maximum Gasteiger partial charge on any atom is 0.240 e. The van der Waals surface area contributed by atoms with Crippen LogP contribution < -0.4 is 5.43 Å². The Labute approximate surface area is 145 Å². The Morgan fingerprint density at radius 2 is 2.04 bits per heavy atom. The molecular formula is C18H22BrN3O. The topological polar surface area (TPSA) is 46.4 Å². The predicted octanol–water partition coefficient (Wildman–Crippen LogP) is 4.35. The summed E-state index contributed by atoms with van der Waals surface area (Å²) in [5.74, 6) is 0.265. The molecule has 1 aromatic carbocycles. The molecule has 0 aliphatic heterocycles. The number of nitrogens with one attached hydrogen (secondary N) is 1. The van der Waals surface area contributed by atoms with E-state index in [1.54, 1.807) is 6.21 Å². The zero-order valence-electron chi connectivity index (χ0n) is 13.9. The molecule has 1 amide bonds. The summed E-state index contributed by atoms with van der Waals surface area (Å²) in [5.41, 5.74) is 6.85. The lowest BCUT2D eigenvalue weighted by Crippen LogP contribution is -2.19. The van der Waals surface area contributed by atoms with Gasteiger partial charge in [-0.15, -0.1) is 0 Å². The Kier molecular flexibility index (Phi) is 5.77. The molecule has 0 fully saturated rings. The van der Waals surface area contributed by atoms with Gasteiger partial charge in [-0.05, 0) is 53.9 Å². The van der Waals surface area contributed by atoms with Crippen molar-refractivity contribution < 1.29 is 4.79 Å². The van der Waals surface area contributed by atoms with Gasteiger partial charge in [0.05, 0.1) is 11.9 Å². The second kappa shape index (κ2) is 7.59. The number of para-hydroxylation sites is 1. The lowest BCUT2D eigenvalue weighted by atomic mass is 10.1. The number of aryl methyl sites for hydroxylation is 1. The van der Waals surface area contributed by atoms with Crippen LogP contribution in [0.25, 0.3) is 5.69 Å². The molecule has 0 spiro atoms. The normalized spacial score (nSPS) is 11.4. The molecule has 1 N–H and O–H groups in total. The number of rotatable bonds is 5. The molecule has 0 aliphatic carbocycles. The summed E-state index contributed by atoms with van der Waals surface area (Å²) in [6.07, 6.45) is 2.18. The molecule has 1 heterocycles. The monoisotopic (exact) mass is 375 g/mol. The number of amides is 1. The standard InChI is InChI=1S/C18H22BrN3O/c1-12(2)9-18(23)21-20-11-15-10-13(3)22(14(15)4)17-8-6-5-7-16(17)19/h5-8,10-12H,9H2,1-4H3,(H,21,23)/b20-11-. The average molecular weight is 376 g/mol. The fourth-order valence-electron chi connectivity index (χ4n) is 2.51. The first kappa shape index (κ1) is 17.5. The van der Waals surface area contributed by atoms with Gasteiger partial charge in [0.2, 0.25) is 5.91 Å². The number of hydrogen-bond acceptors (Lipinski definition) is 2. The van der Waals surface area contributed by atoms with Crippen LogP contribution in [0.5, 0.6) is 0 Å². The smallest absolute Gasteiger partial charge is 0.240 e. The molecular weight excluding hydrogens is 354 g/mol. The third kappa shape index (κ3) is 4.32. The van der Waals surface area contributed by atoms with E-state index in [2.05, 4.69) is 50.1 Å². The Morgan fingerprint density at radius 1 is 1.35 bits per heavy atom. The van der Waals surface area contributed by atoms with Gasteiger partial charge >= 0.3 is 0 Å². The number of benzene rings is 1. The van der Waals surface area contributed by atoms with Crippen molar-refractivity contribution in [2.45, 2.75) is 34.1 Å². The lowest BCUT2D eigenvalue weighted by Gasteiger charge is -2.11. The Hall–Kier alpha value is -1.88. The van der Waals surface area contributed by atoms with Crippen molar-refractivity contribution in [3.05, 3.63) is 51.8 Å². The fourth-order valence-corrected chi connectivity index (χ4v) is 2.97. The van der Waals surface area contributed by atoms with Gasteiger partial charge in [0, 0.05) is 27.8 Å². The molecule has 0 bridgehead atoms. The minimum atomic E-state index is -0.0594. The van der Waals surface area contributed by atoms with Gasteiger partial charge in [0.25, 0.3) is 0 Å². The second-order valence-electron chi connectivity index (χ2n) is 6.00. The van der Waals surface area contributed by atoms with Gasteiger partial charge in [-0.1, -0.05) is 26.0 Å². The number of halogens is 1. The van der Waals surface area contributed by atoms with Gasteiger partial charge in [0.15, 0.2) is 0 Å². The number of aromatic nitrogens is 1. The number of hydrazone groups is 1. The minimum Gasteiger partial charge on any atom is -0.317 e. The molecule has 4 nitrogen and oxygen atoms in total. The molecule has 23 heavy (non-hydrogen) atoms. The summed E-state index contributed by atoms with van der Waals surface area (Å²) in [4.78, 5) is 11.6. The number of nitrogens with zero attached hydrogens (tertiary/aromatic N) is 2. The van der Waals surface area contributed by atoms with Crippen LogP contribution in [-0.4, -0.2) is 16.7 Å². The summed E-state index contributed by atoms with van der Waals surface area (Å²) < 4.78 is 3.21. The Balaban J connectivity index is 2.22. The van der Waals surface area contributed by atoms with Crippen molar-refractivity contribution in [2.75, 3.05) is 0 Å². The molecule has 5 heteroatoms. The van der Waals surface area contributed by atoms with E-state index < -0.39 is 0 Å². The molecule has 0 atom stereocenters. The van der Waals surface area contributed by atoms with Crippen LogP contribution in [0.2, 0.25) is 0 Å². The molecule has 2 rings (SSSR count). The number of hydrogen-bond donors (Lipinski definition) is 1. The lowest BCUT2D eigenvalue weighted by molar-refractivity contribution is -0.121. The van der Waals surface area contributed by atoms with Crippen molar-refractivity contribution >= 4 is 28.1 Å². The van der Waals surface area contributed by atoms with E-state index in [0.29, 0.717) is 12.3 Å². The highest BCUT2D eigenvalue weighted by molar-refractivity contribution is 9.10. The summed E-state index contributed by atoms with van der Waals surface area (Å²) in [6, 6.07) is 10.2. The van der Waals surface area contributed by atoms with Crippen LogP contribution in [0.4, 0.5) is 0 Å². The SMILES string of the molecule is Cc1cc(/C=N\NC(=O)CC(C)C)c(C)n1-c1ccccc1Br. The molecule has 122 valence electrons. The van der Waals surface area contributed by atoms with Crippen molar-refractivity contribution in [1.82, 2.24) is 9.99 Å². The van der Waals surface area contributed by atoms with E-state index in [1.807, 2.05) is 39.0 Å². The van der Waals surface area contributed by atoms with E-state index >= 15 is 0 Å². The third-order valence-corrected chi connectivity index (χ3v) is 4.22. The highest BCUT2D eigenvalue weighted by Crippen LogP contribution is 2.25. The highest BCUT2D eigenvalue weighted by Gasteiger charge is 2.11. The average Bonchev–Trinajstić information content (AvgIpc) is 2.74. The number of carbonyl (C=O) groups excluding carboxylic acids is 1. The Bertz CT molecular complexity index is 732. The zero-order valence-corrected chi connectivity index (χ0v) is 15.5. The van der Waals surface area contributed by atoms with E-state index in [4.69, 9.17) is 0 Å². The molecule has 1 aromatic heterocycles. The van der Waals surface area contributed by atoms with Crippen LogP contribution in [0.3, 0.4) is 0 Å². The Morgan fingerprint density at radius 3 is 2.70 bits per heavy atom. The van der Waals surface area contributed by atoms with Gasteiger partial charge in [-0.2, -0.15) is 5.10 Å². The van der Waals surface area contributed by atoms with Gasteiger partial charge in [-0.25, -0.2) is 5.43 Å². The summed E-state index contributed by atoms with van der Waals surface area (Å²) in [6.45, 7) is 8.12. The largest absolute Gasteiger partial charge is 0.317 e. The molecule has 0 saturated carbocycles. The third-order valence-electron chi connectivity index (χ3n) is 3.55. The van der Waals surface area contributed by atoms with Crippen LogP contribution >= 0.6 is 15.9 Å². The molecule has 0 unspecified atom stereocenters. The van der Waals surface area contributed by atoms with E-state index in [-0.39, 0.29) is 5.91 Å². The summed E-state index contributed by atoms with van der Waals surface area (Å²) in [7, 11) is 0. The first-order valence-corrected chi connectivity index (χ1v) is 8.45. The van der Waals surface area contributed by atoms with Crippen LogP contribution in [0.1, 0.15) is 37.2 Å². The fraction of sp³-hybridized carbons (Fsp3) is 0.333. The predicted molar refractivity (Wildman–Crippen MR) is 98.1 cm³/mol.